The molecule has 0 spiro atoms. The van der Waals surface area contributed by atoms with Crippen LogP contribution in [0.2, 0.25) is 0 Å². The summed E-state index contributed by atoms with van der Waals surface area (Å²) in [6.45, 7) is 8.80. The molecule has 0 aliphatic carbocycles. The van der Waals surface area contributed by atoms with Crippen LogP contribution < -0.4 is 5.73 Å². The highest BCUT2D eigenvalue weighted by Crippen LogP contribution is 2.10. The summed E-state index contributed by atoms with van der Waals surface area (Å²) in [5.41, 5.74) is 5.82. The van der Waals surface area contributed by atoms with Gasteiger partial charge in [0, 0.05) is 12.6 Å². The van der Waals surface area contributed by atoms with Crippen LogP contribution in [0.1, 0.15) is 52.9 Å². The van der Waals surface area contributed by atoms with Crippen molar-refractivity contribution in [3.05, 3.63) is 0 Å². The monoisotopic (exact) mass is 214 g/mol. The highest BCUT2D eigenvalue weighted by atomic mass is 15.1. The highest BCUT2D eigenvalue weighted by molar-refractivity contribution is 4.70. The third kappa shape index (κ3) is 7.80. The van der Waals surface area contributed by atoms with Gasteiger partial charge in [-0.15, -0.1) is 0 Å². The molecule has 0 aromatic heterocycles. The Labute approximate surface area is 96.2 Å². The second-order valence-corrected chi connectivity index (χ2v) is 5.05. The molecule has 2 N–H and O–H groups in total. The third-order valence-corrected chi connectivity index (χ3v) is 3.10. The number of nitrogens with zero attached hydrogens (tertiary/aromatic N) is 1. The number of unbranched alkanes of at least 4 members (excludes halogenated alkanes) is 2. The van der Waals surface area contributed by atoms with E-state index in [1.807, 2.05) is 0 Å². The van der Waals surface area contributed by atoms with Crippen LogP contribution in [-0.4, -0.2) is 31.1 Å². The molecule has 92 valence electrons. The molecule has 0 saturated carbocycles. The maximum Gasteiger partial charge on any atom is 0.0215 e. The van der Waals surface area contributed by atoms with Crippen LogP contribution >= 0.6 is 0 Å². The molecule has 1 unspecified atom stereocenters. The van der Waals surface area contributed by atoms with Crippen LogP contribution in [0.3, 0.4) is 0 Å². The van der Waals surface area contributed by atoms with Crippen LogP contribution in [0.5, 0.6) is 0 Å². The van der Waals surface area contributed by atoms with Crippen molar-refractivity contribution in [1.82, 2.24) is 4.90 Å². The van der Waals surface area contributed by atoms with E-state index in [-0.39, 0.29) is 0 Å². The number of likely N-dealkylation sites (N-methyl/N-ethyl adjacent to an activating group) is 1. The van der Waals surface area contributed by atoms with Crippen molar-refractivity contribution in [3.8, 4) is 0 Å². The van der Waals surface area contributed by atoms with Gasteiger partial charge >= 0.3 is 0 Å². The molecule has 0 rings (SSSR count). The van der Waals surface area contributed by atoms with Gasteiger partial charge in [-0.05, 0) is 32.4 Å². The van der Waals surface area contributed by atoms with Gasteiger partial charge in [0.25, 0.3) is 0 Å². The topological polar surface area (TPSA) is 29.3 Å². The SMILES string of the molecule is CCCCCC(CN)N(C)CCC(C)C. The predicted molar refractivity (Wildman–Crippen MR) is 69.1 cm³/mol. The fraction of sp³-hybridized carbons (Fsp3) is 1.00. The molecule has 0 saturated heterocycles. The van der Waals surface area contributed by atoms with E-state index in [4.69, 9.17) is 5.73 Å². The standard InChI is InChI=1S/C13H30N2/c1-5-6-7-8-13(11-14)15(4)10-9-12(2)3/h12-13H,5-11,14H2,1-4H3. The van der Waals surface area contributed by atoms with Crippen LogP contribution in [-0.2, 0) is 0 Å². The van der Waals surface area contributed by atoms with Gasteiger partial charge in [-0.1, -0.05) is 40.0 Å². The summed E-state index contributed by atoms with van der Waals surface area (Å²) in [6.07, 6.45) is 6.51. The first kappa shape index (κ1) is 14.9. The molecule has 0 amide bonds. The summed E-state index contributed by atoms with van der Waals surface area (Å²) >= 11 is 0. The molecule has 2 heteroatoms. The van der Waals surface area contributed by atoms with Crippen molar-refractivity contribution < 1.29 is 0 Å². The summed E-state index contributed by atoms with van der Waals surface area (Å²) in [6, 6.07) is 0.593. The summed E-state index contributed by atoms with van der Waals surface area (Å²) in [7, 11) is 2.21. The van der Waals surface area contributed by atoms with E-state index in [9.17, 15) is 0 Å². The van der Waals surface area contributed by atoms with Crippen molar-refractivity contribution in [2.45, 2.75) is 58.9 Å². The Morgan fingerprint density at radius 2 is 1.80 bits per heavy atom. The molecule has 0 fully saturated rings. The van der Waals surface area contributed by atoms with Gasteiger partial charge in [-0.3, -0.25) is 0 Å². The number of rotatable bonds is 9. The average molecular weight is 214 g/mol. The van der Waals surface area contributed by atoms with Gasteiger partial charge in [-0.2, -0.15) is 0 Å². The molecule has 1 atom stereocenters. The summed E-state index contributed by atoms with van der Waals surface area (Å²) in [5.74, 6) is 0.793. The van der Waals surface area contributed by atoms with Crippen molar-refractivity contribution in [1.29, 1.82) is 0 Å². The zero-order valence-corrected chi connectivity index (χ0v) is 11.1. The second-order valence-electron chi connectivity index (χ2n) is 5.05. The van der Waals surface area contributed by atoms with E-state index in [1.54, 1.807) is 0 Å². The molecular formula is C13H30N2. The van der Waals surface area contributed by atoms with Gasteiger partial charge in [-0.25, -0.2) is 0 Å². The van der Waals surface area contributed by atoms with E-state index < -0.39 is 0 Å². The zero-order chi connectivity index (χ0) is 11.7. The Kier molecular flexibility index (Phi) is 9.12. The summed E-state index contributed by atoms with van der Waals surface area (Å²) in [5, 5.41) is 0. The third-order valence-electron chi connectivity index (χ3n) is 3.10. The van der Waals surface area contributed by atoms with Gasteiger partial charge in [0.2, 0.25) is 0 Å². The van der Waals surface area contributed by atoms with Gasteiger partial charge in [0.15, 0.2) is 0 Å². The zero-order valence-electron chi connectivity index (χ0n) is 11.1. The molecule has 15 heavy (non-hydrogen) atoms. The van der Waals surface area contributed by atoms with E-state index in [2.05, 4.69) is 32.7 Å². The minimum Gasteiger partial charge on any atom is -0.329 e. The smallest absolute Gasteiger partial charge is 0.0215 e. The molecule has 2 nitrogen and oxygen atoms in total. The Morgan fingerprint density at radius 1 is 1.13 bits per heavy atom. The van der Waals surface area contributed by atoms with Gasteiger partial charge < -0.3 is 10.6 Å². The van der Waals surface area contributed by atoms with Crippen molar-refractivity contribution in [3.63, 3.8) is 0 Å². The maximum absolute atomic E-state index is 5.82. The molecule has 0 bridgehead atoms. The predicted octanol–water partition coefficient (Wildman–Crippen LogP) is 2.87. The van der Waals surface area contributed by atoms with E-state index in [0.717, 1.165) is 12.5 Å². The molecule has 0 aromatic rings. The lowest BCUT2D eigenvalue weighted by Crippen LogP contribution is -2.38. The van der Waals surface area contributed by atoms with E-state index in [1.165, 1.54) is 38.6 Å². The lowest BCUT2D eigenvalue weighted by Gasteiger charge is -2.27. The van der Waals surface area contributed by atoms with Crippen molar-refractivity contribution in [2.24, 2.45) is 11.7 Å². The number of hydrogen-bond donors (Lipinski definition) is 1. The molecular weight excluding hydrogens is 184 g/mol. The van der Waals surface area contributed by atoms with Crippen LogP contribution in [0.25, 0.3) is 0 Å². The average Bonchev–Trinajstić information content (AvgIpc) is 2.21. The molecule has 0 heterocycles. The second kappa shape index (κ2) is 9.17. The Bertz CT molecular complexity index is 134. The lowest BCUT2D eigenvalue weighted by molar-refractivity contribution is 0.219. The largest absolute Gasteiger partial charge is 0.329 e. The summed E-state index contributed by atoms with van der Waals surface area (Å²) < 4.78 is 0. The Hall–Kier alpha value is -0.0800. The Balaban J connectivity index is 3.72. The highest BCUT2D eigenvalue weighted by Gasteiger charge is 2.12. The molecule has 0 radical (unpaired) electrons. The molecule has 0 aromatic carbocycles. The minimum absolute atomic E-state index is 0.593. The number of nitrogens with two attached hydrogens (primary N) is 1. The van der Waals surface area contributed by atoms with Crippen LogP contribution in [0.4, 0.5) is 0 Å². The minimum atomic E-state index is 0.593. The number of hydrogen-bond acceptors (Lipinski definition) is 2. The first-order valence-corrected chi connectivity index (χ1v) is 6.52. The first-order chi connectivity index (χ1) is 7.11. The van der Waals surface area contributed by atoms with Gasteiger partial charge in [0.1, 0.15) is 0 Å². The molecule has 0 aliphatic rings. The van der Waals surface area contributed by atoms with Crippen molar-refractivity contribution in [2.75, 3.05) is 20.1 Å². The van der Waals surface area contributed by atoms with E-state index >= 15 is 0 Å². The quantitative estimate of drug-likeness (QED) is 0.598. The fourth-order valence-electron chi connectivity index (χ4n) is 1.79. The van der Waals surface area contributed by atoms with Crippen LogP contribution in [0.15, 0.2) is 0 Å². The van der Waals surface area contributed by atoms with Crippen molar-refractivity contribution >= 4 is 0 Å². The van der Waals surface area contributed by atoms with Crippen LogP contribution in [0, 0.1) is 5.92 Å². The first-order valence-electron chi connectivity index (χ1n) is 6.52. The van der Waals surface area contributed by atoms with Gasteiger partial charge in [0.05, 0.1) is 0 Å². The molecule has 0 aliphatic heterocycles. The van der Waals surface area contributed by atoms with E-state index in [0.29, 0.717) is 6.04 Å². The fourth-order valence-corrected chi connectivity index (χ4v) is 1.79. The Morgan fingerprint density at radius 3 is 2.27 bits per heavy atom. The lowest BCUT2D eigenvalue weighted by atomic mass is 10.1. The maximum atomic E-state index is 5.82. The summed E-state index contributed by atoms with van der Waals surface area (Å²) in [4.78, 5) is 2.44. The normalized spacial score (nSPS) is 13.8.